The monoisotopic (exact) mass is 457 g/mol. The molecule has 1 aliphatic rings. The fourth-order valence-electron chi connectivity index (χ4n) is 3.73. The highest BCUT2D eigenvalue weighted by atomic mass is 19.2. The number of anilines is 2. The van der Waals surface area contributed by atoms with Gasteiger partial charge >= 0.3 is 0 Å². The van der Waals surface area contributed by atoms with E-state index in [1.165, 1.54) is 18.2 Å². The Kier molecular flexibility index (Phi) is 5.92. The highest BCUT2D eigenvalue weighted by molar-refractivity contribution is 5.83. The van der Waals surface area contributed by atoms with Crippen LogP contribution in [0.15, 0.2) is 42.5 Å². The molecular formula is C24H26F3N5O. The molecule has 174 valence electrons. The standard InChI is InChI=1S/C24H26F3N5O/c1-24(2,3)21(28)23(33)31-10-11-32-19(13-31)30-20(14-4-6-15(25)7-5-14)22(32)29-16-8-9-17(26)18(27)12-16/h4-9,12,21,29H,10-11,13,28H2,1-3H3/t21-/m1/s1. The molecule has 2 heterocycles. The number of nitrogens with zero attached hydrogens (tertiary/aromatic N) is 3. The molecule has 1 atom stereocenters. The summed E-state index contributed by atoms with van der Waals surface area (Å²) < 4.78 is 42.6. The van der Waals surface area contributed by atoms with Crippen LogP contribution < -0.4 is 11.1 Å². The van der Waals surface area contributed by atoms with Crippen molar-refractivity contribution in [3.63, 3.8) is 0 Å². The number of fused-ring (bicyclic) bond motifs is 1. The first-order chi connectivity index (χ1) is 15.5. The van der Waals surface area contributed by atoms with Crippen molar-refractivity contribution in [1.29, 1.82) is 0 Å². The van der Waals surface area contributed by atoms with Crippen LogP contribution in [0.2, 0.25) is 0 Å². The summed E-state index contributed by atoms with van der Waals surface area (Å²) in [5.41, 5.74) is 7.30. The van der Waals surface area contributed by atoms with E-state index >= 15 is 0 Å². The summed E-state index contributed by atoms with van der Waals surface area (Å²) in [4.78, 5) is 19.3. The molecule has 0 saturated heterocycles. The molecule has 1 amide bonds. The summed E-state index contributed by atoms with van der Waals surface area (Å²) >= 11 is 0. The molecular weight excluding hydrogens is 431 g/mol. The van der Waals surface area contributed by atoms with Gasteiger partial charge in [-0.2, -0.15) is 0 Å². The molecule has 4 rings (SSSR count). The van der Waals surface area contributed by atoms with Crippen molar-refractivity contribution in [3.05, 3.63) is 65.7 Å². The van der Waals surface area contributed by atoms with Crippen molar-refractivity contribution in [3.8, 4) is 11.3 Å². The number of nitrogens with two attached hydrogens (primary N) is 1. The van der Waals surface area contributed by atoms with E-state index in [-0.39, 0.29) is 23.7 Å². The molecule has 0 unspecified atom stereocenters. The quantitative estimate of drug-likeness (QED) is 0.608. The number of benzene rings is 2. The van der Waals surface area contributed by atoms with E-state index in [4.69, 9.17) is 10.7 Å². The van der Waals surface area contributed by atoms with Crippen LogP contribution in [0.4, 0.5) is 24.7 Å². The average molecular weight is 458 g/mol. The lowest BCUT2D eigenvalue weighted by atomic mass is 9.86. The van der Waals surface area contributed by atoms with E-state index in [9.17, 15) is 18.0 Å². The van der Waals surface area contributed by atoms with Gasteiger partial charge in [-0.3, -0.25) is 4.79 Å². The molecule has 0 bridgehead atoms. The van der Waals surface area contributed by atoms with Crippen LogP contribution in [0.3, 0.4) is 0 Å². The molecule has 0 spiro atoms. The van der Waals surface area contributed by atoms with Crippen LogP contribution >= 0.6 is 0 Å². The van der Waals surface area contributed by atoms with Gasteiger partial charge in [-0.25, -0.2) is 18.2 Å². The number of carbonyl (C=O) groups is 1. The lowest BCUT2D eigenvalue weighted by Gasteiger charge is -2.34. The second-order valence-electron chi connectivity index (χ2n) is 9.24. The second-order valence-corrected chi connectivity index (χ2v) is 9.24. The third-order valence-corrected chi connectivity index (χ3v) is 5.78. The molecule has 1 aromatic heterocycles. The maximum atomic E-state index is 13.8. The molecule has 9 heteroatoms. The van der Waals surface area contributed by atoms with Gasteiger partial charge in [0.1, 0.15) is 23.2 Å². The molecule has 0 aliphatic carbocycles. The minimum absolute atomic E-state index is 0.157. The van der Waals surface area contributed by atoms with E-state index in [1.54, 1.807) is 17.0 Å². The Bertz CT molecular complexity index is 1180. The van der Waals surface area contributed by atoms with E-state index in [0.29, 0.717) is 41.7 Å². The van der Waals surface area contributed by atoms with Gasteiger partial charge in [-0.15, -0.1) is 0 Å². The van der Waals surface area contributed by atoms with Gasteiger partial charge in [-0.05, 0) is 41.8 Å². The zero-order chi connectivity index (χ0) is 23.9. The molecule has 33 heavy (non-hydrogen) atoms. The van der Waals surface area contributed by atoms with E-state index in [2.05, 4.69) is 5.32 Å². The summed E-state index contributed by atoms with van der Waals surface area (Å²) in [5.74, 6) is -1.30. The molecule has 2 aromatic carbocycles. The third kappa shape index (κ3) is 4.59. The number of carbonyl (C=O) groups excluding carboxylic acids is 1. The van der Waals surface area contributed by atoms with Crippen molar-refractivity contribution < 1.29 is 18.0 Å². The number of halogens is 3. The SMILES string of the molecule is CC(C)(C)[C@H](N)C(=O)N1CCn2c(nc(-c3ccc(F)cc3)c2Nc2ccc(F)c(F)c2)C1. The fourth-order valence-corrected chi connectivity index (χ4v) is 3.73. The van der Waals surface area contributed by atoms with Gasteiger partial charge in [0.25, 0.3) is 0 Å². The van der Waals surface area contributed by atoms with Crippen molar-refractivity contribution in [1.82, 2.24) is 14.5 Å². The molecule has 0 fully saturated rings. The van der Waals surface area contributed by atoms with Gasteiger partial charge in [0.05, 0.1) is 12.6 Å². The first kappa shape index (κ1) is 22.8. The maximum Gasteiger partial charge on any atom is 0.240 e. The Balaban J connectivity index is 1.72. The van der Waals surface area contributed by atoms with Crippen LogP contribution in [0.5, 0.6) is 0 Å². The number of nitrogens with one attached hydrogen (secondary N) is 1. The van der Waals surface area contributed by atoms with Gasteiger partial charge in [0.15, 0.2) is 11.6 Å². The summed E-state index contributed by atoms with van der Waals surface area (Å²) in [5, 5.41) is 3.12. The fraction of sp³-hybridized carbons (Fsp3) is 0.333. The smallest absolute Gasteiger partial charge is 0.240 e. The average Bonchev–Trinajstić information content (AvgIpc) is 3.12. The zero-order valence-corrected chi connectivity index (χ0v) is 18.7. The highest BCUT2D eigenvalue weighted by Gasteiger charge is 2.34. The predicted octanol–water partition coefficient (Wildman–Crippen LogP) is 4.43. The van der Waals surface area contributed by atoms with E-state index in [1.807, 2.05) is 25.3 Å². The lowest BCUT2D eigenvalue weighted by Crippen LogP contribution is -2.52. The third-order valence-electron chi connectivity index (χ3n) is 5.78. The van der Waals surface area contributed by atoms with Gasteiger partial charge in [0.2, 0.25) is 5.91 Å². The highest BCUT2D eigenvalue weighted by Crippen LogP contribution is 2.34. The predicted molar refractivity (Wildman–Crippen MR) is 120 cm³/mol. The van der Waals surface area contributed by atoms with Crippen LogP contribution in [0, 0.1) is 22.9 Å². The van der Waals surface area contributed by atoms with Gasteiger partial charge < -0.3 is 20.5 Å². The normalized spacial score (nSPS) is 14.7. The second kappa shape index (κ2) is 8.55. The van der Waals surface area contributed by atoms with E-state index in [0.717, 1.165) is 12.1 Å². The summed E-state index contributed by atoms with van der Waals surface area (Å²) in [6.07, 6.45) is 0. The van der Waals surface area contributed by atoms with Gasteiger partial charge in [-0.1, -0.05) is 20.8 Å². The van der Waals surface area contributed by atoms with E-state index < -0.39 is 17.7 Å². The van der Waals surface area contributed by atoms with Crippen LogP contribution in [-0.4, -0.2) is 32.9 Å². The topological polar surface area (TPSA) is 76.2 Å². The number of amides is 1. The van der Waals surface area contributed by atoms with Crippen molar-refractivity contribution in [2.24, 2.45) is 11.1 Å². The maximum absolute atomic E-state index is 13.8. The molecule has 3 aromatic rings. The van der Waals surface area contributed by atoms with Gasteiger partial charge in [0, 0.05) is 30.4 Å². The molecule has 1 aliphatic heterocycles. The Morgan fingerprint density at radius 1 is 1.06 bits per heavy atom. The van der Waals surface area contributed by atoms with Crippen molar-refractivity contribution in [2.45, 2.75) is 39.9 Å². The summed E-state index contributed by atoms with van der Waals surface area (Å²) in [6, 6.07) is 8.71. The number of aromatic nitrogens is 2. The van der Waals surface area contributed by atoms with Crippen molar-refractivity contribution in [2.75, 3.05) is 11.9 Å². The Morgan fingerprint density at radius 2 is 1.76 bits per heavy atom. The number of hydrogen-bond acceptors (Lipinski definition) is 4. The Morgan fingerprint density at radius 3 is 2.39 bits per heavy atom. The summed E-state index contributed by atoms with van der Waals surface area (Å²) in [6.45, 7) is 6.83. The Labute approximate surface area is 190 Å². The zero-order valence-electron chi connectivity index (χ0n) is 18.7. The largest absolute Gasteiger partial charge is 0.340 e. The van der Waals surface area contributed by atoms with Crippen molar-refractivity contribution >= 4 is 17.4 Å². The lowest BCUT2D eigenvalue weighted by molar-refractivity contribution is -0.136. The minimum atomic E-state index is -0.977. The summed E-state index contributed by atoms with van der Waals surface area (Å²) in [7, 11) is 0. The number of imidazole rings is 1. The first-order valence-corrected chi connectivity index (χ1v) is 10.7. The molecule has 0 saturated carbocycles. The van der Waals surface area contributed by atoms with Crippen LogP contribution in [-0.2, 0) is 17.9 Å². The molecule has 3 N–H and O–H groups in total. The van der Waals surface area contributed by atoms with Crippen LogP contribution in [0.25, 0.3) is 11.3 Å². The first-order valence-electron chi connectivity index (χ1n) is 10.7. The Hall–Kier alpha value is -3.33. The minimum Gasteiger partial charge on any atom is -0.340 e. The molecule has 0 radical (unpaired) electrons. The number of rotatable bonds is 4. The van der Waals surface area contributed by atoms with Crippen LogP contribution in [0.1, 0.15) is 26.6 Å². The number of hydrogen-bond donors (Lipinski definition) is 2. The molecule has 6 nitrogen and oxygen atoms in total.